The van der Waals surface area contributed by atoms with Crippen LogP contribution in [0.4, 0.5) is 17.1 Å². The summed E-state index contributed by atoms with van der Waals surface area (Å²) < 4.78 is 16.6. The van der Waals surface area contributed by atoms with Gasteiger partial charge >= 0.3 is 0 Å². The maximum absolute atomic E-state index is 13.1. The van der Waals surface area contributed by atoms with E-state index < -0.39 is 0 Å². The molecular formula is C27H23N3O6. The first-order valence-electron chi connectivity index (χ1n) is 11.3. The summed E-state index contributed by atoms with van der Waals surface area (Å²) in [5.41, 5.74) is 2.88. The Morgan fingerprint density at radius 1 is 1.06 bits per heavy atom. The highest BCUT2D eigenvalue weighted by Crippen LogP contribution is 2.40. The summed E-state index contributed by atoms with van der Waals surface area (Å²) in [5, 5.41) is 5.53. The first kappa shape index (κ1) is 23.0. The molecule has 0 aromatic heterocycles. The van der Waals surface area contributed by atoms with Crippen molar-refractivity contribution in [3.05, 3.63) is 77.9 Å². The van der Waals surface area contributed by atoms with Crippen LogP contribution in [0.25, 0.3) is 6.08 Å². The summed E-state index contributed by atoms with van der Waals surface area (Å²) in [6.07, 6.45) is 3.04. The molecule has 2 aliphatic rings. The highest BCUT2D eigenvalue weighted by atomic mass is 16.6. The van der Waals surface area contributed by atoms with Gasteiger partial charge in [-0.3, -0.25) is 19.3 Å². The van der Waals surface area contributed by atoms with Crippen LogP contribution in [0.1, 0.15) is 15.9 Å². The van der Waals surface area contributed by atoms with Gasteiger partial charge in [0.25, 0.3) is 5.91 Å². The molecule has 0 fully saturated rings. The molecule has 5 rings (SSSR count). The van der Waals surface area contributed by atoms with Crippen LogP contribution in [0.15, 0.2) is 66.7 Å². The molecule has 2 N–H and O–H groups in total. The van der Waals surface area contributed by atoms with E-state index in [-0.39, 0.29) is 24.3 Å². The van der Waals surface area contributed by atoms with Gasteiger partial charge in [-0.15, -0.1) is 0 Å². The average molecular weight is 485 g/mol. The third-order valence-corrected chi connectivity index (χ3v) is 5.69. The van der Waals surface area contributed by atoms with Crippen molar-refractivity contribution in [1.29, 1.82) is 0 Å². The Morgan fingerprint density at radius 3 is 2.64 bits per heavy atom. The zero-order valence-corrected chi connectivity index (χ0v) is 19.4. The number of carbonyl (C=O) groups is 3. The van der Waals surface area contributed by atoms with Crippen LogP contribution in [0.5, 0.6) is 17.2 Å². The largest absolute Gasteiger partial charge is 0.493 e. The Balaban J connectivity index is 1.26. The molecule has 9 heteroatoms. The number of anilines is 3. The Kier molecular flexibility index (Phi) is 6.27. The van der Waals surface area contributed by atoms with Crippen molar-refractivity contribution in [1.82, 2.24) is 0 Å². The number of benzene rings is 3. The highest BCUT2D eigenvalue weighted by Gasteiger charge is 2.27. The normalized spacial score (nSPS) is 14.1. The highest BCUT2D eigenvalue weighted by molar-refractivity contribution is 6.15. The lowest BCUT2D eigenvalue weighted by Crippen LogP contribution is -2.42. The van der Waals surface area contributed by atoms with Crippen LogP contribution in [-0.2, 0) is 9.59 Å². The second kappa shape index (κ2) is 9.83. The SMILES string of the molecule is COc1cc(/C=C/C(=O)Nc2ccc(C(=O)N3CC(=O)Nc4ccccc43)cc2)cc2c1OCCO2. The number of hydrogen-bond donors (Lipinski definition) is 2. The molecule has 36 heavy (non-hydrogen) atoms. The molecule has 3 aromatic rings. The van der Waals surface area contributed by atoms with Gasteiger partial charge in [0, 0.05) is 17.3 Å². The molecular weight excluding hydrogens is 462 g/mol. The minimum absolute atomic E-state index is 0.0657. The predicted octanol–water partition coefficient (Wildman–Crippen LogP) is 3.72. The van der Waals surface area contributed by atoms with Crippen molar-refractivity contribution in [2.75, 3.05) is 42.4 Å². The first-order valence-corrected chi connectivity index (χ1v) is 11.3. The molecule has 0 aliphatic carbocycles. The van der Waals surface area contributed by atoms with E-state index in [9.17, 15) is 14.4 Å². The molecule has 9 nitrogen and oxygen atoms in total. The third kappa shape index (κ3) is 4.72. The van der Waals surface area contributed by atoms with Gasteiger partial charge in [-0.25, -0.2) is 0 Å². The lowest BCUT2D eigenvalue weighted by Gasteiger charge is -2.29. The minimum atomic E-state index is -0.343. The van der Waals surface area contributed by atoms with Crippen molar-refractivity contribution in [3.8, 4) is 17.2 Å². The summed E-state index contributed by atoms with van der Waals surface area (Å²) in [4.78, 5) is 39.0. The number of amides is 3. The minimum Gasteiger partial charge on any atom is -0.493 e. The zero-order chi connectivity index (χ0) is 25.1. The molecule has 0 spiro atoms. The number of para-hydroxylation sites is 2. The van der Waals surface area contributed by atoms with Gasteiger partial charge in [-0.2, -0.15) is 0 Å². The molecule has 0 atom stereocenters. The van der Waals surface area contributed by atoms with Gasteiger partial charge in [0.1, 0.15) is 19.8 Å². The Labute approximate surface area is 207 Å². The number of hydrogen-bond acceptors (Lipinski definition) is 6. The van der Waals surface area contributed by atoms with E-state index in [1.54, 1.807) is 67.8 Å². The molecule has 0 unspecified atom stereocenters. The Bertz CT molecular complexity index is 1350. The second-order valence-corrected chi connectivity index (χ2v) is 8.10. The Hall–Kier alpha value is -4.79. The van der Waals surface area contributed by atoms with Gasteiger partial charge in [0.05, 0.1) is 18.5 Å². The molecule has 0 saturated carbocycles. The molecule has 0 radical (unpaired) electrons. The van der Waals surface area contributed by atoms with E-state index in [2.05, 4.69) is 10.6 Å². The first-order chi connectivity index (χ1) is 17.5. The lowest BCUT2D eigenvalue weighted by molar-refractivity contribution is -0.115. The summed E-state index contributed by atoms with van der Waals surface area (Å²) in [7, 11) is 1.54. The van der Waals surface area contributed by atoms with Gasteiger partial charge in [0.15, 0.2) is 11.5 Å². The van der Waals surface area contributed by atoms with Crippen molar-refractivity contribution in [2.24, 2.45) is 0 Å². The van der Waals surface area contributed by atoms with E-state index in [4.69, 9.17) is 14.2 Å². The number of nitrogens with zero attached hydrogens (tertiary/aromatic N) is 1. The predicted molar refractivity (Wildman–Crippen MR) is 135 cm³/mol. The topological polar surface area (TPSA) is 106 Å². The maximum Gasteiger partial charge on any atom is 0.258 e. The van der Waals surface area contributed by atoms with Gasteiger partial charge in [0.2, 0.25) is 17.6 Å². The van der Waals surface area contributed by atoms with Crippen molar-refractivity contribution < 1.29 is 28.6 Å². The van der Waals surface area contributed by atoms with Crippen LogP contribution >= 0.6 is 0 Å². The molecule has 0 saturated heterocycles. The van der Waals surface area contributed by atoms with Crippen molar-refractivity contribution in [2.45, 2.75) is 0 Å². The molecule has 0 bridgehead atoms. The van der Waals surface area contributed by atoms with Crippen LogP contribution in [0, 0.1) is 0 Å². The quantitative estimate of drug-likeness (QED) is 0.534. The van der Waals surface area contributed by atoms with E-state index in [0.717, 1.165) is 5.56 Å². The van der Waals surface area contributed by atoms with Gasteiger partial charge < -0.3 is 24.8 Å². The molecule has 2 heterocycles. The number of fused-ring (bicyclic) bond motifs is 2. The van der Waals surface area contributed by atoms with Crippen LogP contribution in [0.2, 0.25) is 0 Å². The summed E-state index contributed by atoms with van der Waals surface area (Å²) in [6.45, 7) is 0.829. The van der Waals surface area contributed by atoms with E-state index in [0.29, 0.717) is 53.1 Å². The fraction of sp³-hybridized carbons (Fsp3) is 0.148. The number of rotatable bonds is 5. The monoisotopic (exact) mass is 485 g/mol. The molecule has 3 amide bonds. The third-order valence-electron chi connectivity index (χ3n) is 5.69. The van der Waals surface area contributed by atoms with E-state index in [1.807, 2.05) is 6.07 Å². The van der Waals surface area contributed by atoms with Crippen LogP contribution < -0.4 is 29.7 Å². The standard InChI is InChI=1S/C27H23N3O6/c1-34-22-14-17(15-23-26(22)36-13-12-35-23)6-11-24(31)28-19-9-7-18(8-10-19)27(33)30-16-25(32)29-20-4-2-3-5-21(20)30/h2-11,14-15H,12-13,16H2,1H3,(H,28,31)(H,29,32)/b11-6+. The van der Waals surface area contributed by atoms with Crippen LogP contribution in [0.3, 0.4) is 0 Å². The van der Waals surface area contributed by atoms with Gasteiger partial charge in [-0.1, -0.05) is 12.1 Å². The number of methoxy groups -OCH3 is 1. The van der Waals surface area contributed by atoms with Crippen LogP contribution in [-0.4, -0.2) is 44.6 Å². The Morgan fingerprint density at radius 2 is 1.83 bits per heavy atom. The number of ether oxygens (including phenoxy) is 3. The van der Waals surface area contributed by atoms with Crippen molar-refractivity contribution >= 4 is 40.9 Å². The smallest absolute Gasteiger partial charge is 0.258 e. The van der Waals surface area contributed by atoms with Gasteiger partial charge in [-0.05, 0) is 60.2 Å². The molecule has 2 aliphatic heterocycles. The summed E-state index contributed by atoms with van der Waals surface area (Å²) >= 11 is 0. The second-order valence-electron chi connectivity index (χ2n) is 8.10. The number of nitrogens with one attached hydrogen (secondary N) is 2. The number of carbonyl (C=O) groups excluding carboxylic acids is 3. The fourth-order valence-corrected chi connectivity index (χ4v) is 4.01. The summed E-state index contributed by atoms with van der Waals surface area (Å²) in [5.74, 6) is 0.741. The molecule has 182 valence electrons. The van der Waals surface area contributed by atoms with E-state index in [1.165, 1.54) is 11.0 Å². The van der Waals surface area contributed by atoms with Crippen molar-refractivity contribution in [3.63, 3.8) is 0 Å². The molecule has 3 aromatic carbocycles. The maximum atomic E-state index is 13.1. The lowest BCUT2D eigenvalue weighted by atomic mass is 10.1. The van der Waals surface area contributed by atoms with E-state index >= 15 is 0 Å². The zero-order valence-electron chi connectivity index (χ0n) is 19.4. The summed E-state index contributed by atoms with van der Waals surface area (Å²) in [6, 6.07) is 17.2. The average Bonchev–Trinajstić information content (AvgIpc) is 2.91. The fourth-order valence-electron chi connectivity index (χ4n) is 4.01.